The molecule has 0 saturated carbocycles. The fourth-order valence-corrected chi connectivity index (χ4v) is 4.67. The molecule has 4 N–H and O–H groups in total. The summed E-state index contributed by atoms with van der Waals surface area (Å²) in [7, 11) is 9.58. The first kappa shape index (κ1) is 22.3. The summed E-state index contributed by atoms with van der Waals surface area (Å²) in [5.41, 5.74) is 1.46. The Morgan fingerprint density at radius 3 is 1.54 bits per heavy atom. The van der Waals surface area contributed by atoms with Crippen LogP contribution in [-0.4, -0.2) is 92.2 Å². The van der Waals surface area contributed by atoms with Crippen LogP contribution in [0.15, 0.2) is 22.7 Å². The van der Waals surface area contributed by atoms with Gasteiger partial charge >= 0.3 is 11.9 Å². The maximum atomic E-state index is 11.4. The minimum Gasteiger partial charge on any atom is -0.480 e. The van der Waals surface area contributed by atoms with Gasteiger partial charge in [-0.25, -0.2) is 9.97 Å². The molecule has 28 heavy (non-hydrogen) atoms. The third-order valence-electron chi connectivity index (χ3n) is 4.17. The van der Waals surface area contributed by atoms with Gasteiger partial charge in [-0.1, -0.05) is 0 Å². The van der Waals surface area contributed by atoms with Crippen molar-refractivity contribution < 1.29 is 19.8 Å². The number of nitrogens with one attached hydrogen (secondary N) is 2. The molecule has 0 radical (unpaired) electrons. The molecule has 12 heteroatoms. The van der Waals surface area contributed by atoms with Gasteiger partial charge in [0.2, 0.25) is 0 Å². The van der Waals surface area contributed by atoms with Crippen LogP contribution in [0.2, 0.25) is 0 Å². The van der Waals surface area contributed by atoms with Gasteiger partial charge in [0, 0.05) is 12.8 Å². The van der Waals surface area contributed by atoms with Crippen molar-refractivity contribution >= 4 is 33.5 Å². The van der Waals surface area contributed by atoms with E-state index in [9.17, 15) is 19.8 Å². The summed E-state index contributed by atoms with van der Waals surface area (Å²) >= 11 is 0. The normalized spacial score (nSPS) is 13.8. The quantitative estimate of drug-likeness (QED) is 0.384. The van der Waals surface area contributed by atoms with Crippen LogP contribution in [0, 0.1) is 0 Å². The Morgan fingerprint density at radius 2 is 1.25 bits per heavy atom. The molecule has 0 aliphatic carbocycles. The second-order valence-electron chi connectivity index (χ2n) is 6.58. The number of hydrogen-bond donors (Lipinski definition) is 4. The summed E-state index contributed by atoms with van der Waals surface area (Å²) in [5, 5.41) is 20.1. The van der Waals surface area contributed by atoms with Crippen LogP contribution in [0.1, 0.15) is 11.4 Å². The number of hydrogen-bond acceptors (Lipinski definition) is 8. The topological polar surface area (TPSA) is 138 Å². The summed E-state index contributed by atoms with van der Waals surface area (Å²) in [5.74, 6) is -1.80. The molecule has 0 unspecified atom stereocenters. The van der Waals surface area contributed by atoms with Crippen molar-refractivity contribution in [1.82, 2.24) is 29.7 Å². The molecule has 0 amide bonds. The fourth-order valence-electron chi connectivity index (χ4n) is 2.50. The predicted octanol–water partition coefficient (Wildman–Crippen LogP) is 1.05. The monoisotopic (exact) mass is 428 g/mol. The summed E-state index contributed by atoms with van der Waals surface area (Å²) in [6.07, 6.45) is 3.65. The Balaban J connectivity index is 2.07. The fraction of sp³-hybridized carbons (Fsp3) is 0.500. The zero-order valence-electron chi connectivity index (χ0n) is 16.0. The van der Waals surface area contributed by atoms with Gasteiger partial charge in [0.15, 0.2) is 0 Å². The van der Waals surface area contributed by atoms with Gasteiger partial charge in [-0.05, 0) is 49.8 Å². The van der Waals surface area contributed by atoms with E-state index >= 15 is 0 Å². The van der Waals surface area contributed by atoms with Crippen LogP contribution in [-0.2, 0) is 22.4 Å². The van der Waals surface area contributed by atoms with Crippen molar-refractivity contribution in [2.75, 3.05) is 28.2 Å². The summed E-state index contributed by atoms with van der Waals surface area (Å²) < 4.78 is 0. The van der Waals surface area contributed by atoms with Gasteiger partial charge in [0.05, 0.1) is 24.0 Å². The molecule has 2 atom stereocenters. The van der Waals surface area contributed by atoms with Crippen LogP contribution in [0.5, 0.6) is 0 Å². The zero-order chi connectivity index (χ0) is 20.8. The highest BCUT2D eigenvalue weighted by Crippen LogP contribution is 2.38. The van der Waals surface area contributed by atoms with Crippen LogP contribution < -0.4 is 0 Å². The lowest BCUT2D eigenvalue weighted by molar-refractivity contribution is -0.143. The first-order valence-corrected chi connectivity index (χ1v) is 10.5. The largest absolute Gasteiger partial charge is 0.480 e. The van der Waals surface area contributed by atoms with Crippen molar-refractivity contribution in [1.29, 1.82) is 0 Å². The van der Waals surface area contributed by atoms with Crippen molar-refractivity contribution in [3.05, 3.63) is 24.0 Å². The zero-order valence-corrected chi connectivity index (χ0v) is 17.7. The molecule has 2 aromatic heterocycles. The van der Waals surface area contributed by atoms with Crippen molar-refractivity contribution in [3.8, 4) is 0 Å². The highest BCUT2D eigenvalue weighted by atomic mass is 33.1. The second kappa shape index (κ2) is 9.96. The summed E-state index contributed by atoms with van der Waals surface area (Å²) in [6, 6.07) is -1.33. The molecular formula is C16H24N6O4S2. The number of rotatable bonds is 11. The SMILES string of the molecule is CN(C)[C@@H](Cc1[nH]cnc1SSc1nc[nH]c1C[C@@H](C(=O)O)N(C)C)C(=O)O. The molecule has 0 saturated heterocycles. The molecule has 0 aliphatic heterocycles. The van der Waals surface area contributed by atoms with Crippen molar-refractivity contribution in [2.24, 2.45) is 0 Å². The van der Waals surface area contributed by atoms with Crippen molar-refractivity contribution in [2.45, 2.75) is 35.0 Å². The maximum absolute atomic E-state index is 11.4. The Kier molecular flexibility index (Phi) is 7.92. The maximum Gasteiger partial charge on any atom is 0.321 e. The van der Waals surface area contributed by atoms with E-state index in [0.717, 1.165) is 11.4 Å². The standard InChI is InChI=1S/C16H24N6O4S2/c1-21(2)11(15(23)24)5-9-13(19-7-17-9)27-28-14-10(18-8-20-14)6-12(16(25)26)22(3)4/h7-8,11-12H,5-6H2,1-4H3,(H,17,19)(H,18,20)(H,23,24)(H,25,26)/t11-,12-/m0/s1. The van der Waals surface area contributed by atoms with Crippen LogP contribution in [0.3, 0.4) is 0 Å². The number of aliphatic carboxylic acids is 2. The number of nitrogens with zero attached hydrogens (tertiary/aromatic N) is 4. The molecule has 0 bridgehead atoms. The van der Waals surface area contributed by atoms with E-state index < -0.39 is 24.0 Å². The van der Waals surface area contributed by atoms with Gasteiger partial charge in [-0.15, -0.1) is 0 Å². The van der Waals surface area contributed by atoms with Gasteiger partial charge in [-0.2, -0.15) is 0 Å². The van der Waals surface area contributed by atoms with E-state index in [4.69, 9.17) is 0 Å². The van der Waals surface area contributed by atoms with E-state index in [1.807, 2.05) is 0 Å². The third kappa shape index (κ3) is 5.74. The number of likely N-dealkylation sites (N-methyl/N-ethyl adjacent to an activating group) is 2. The first-order chi connectivity index (χ1) is 13.2. The summed E-state index contributed by atoms with van der Waals surface area (Å²) in [6.45, 7) is 0. The molecule has 0 aliphatic rings. The smallest absolute Gasteiger partial charge is 0.321 e. The Morgan fingerprint density at radius 1 is 0.893 bits per heavy atom. The van der Waals surface area contributed by atoms with Gasteiger partial charge in [0.25, 0.3) is 0 Å². The molecule has 2 heterocycles. The minimum atomic E-state index is -0.902. The highest BCUT2D eigenvalue weighted by Gasteiger charge is 2.25. The van der Waals surface area contributed by atoms with Gasteiger partial charge in [-0.3, -0.25) is 19.4 Å². The average molecular weight is 429 g/mol. The number of aromatic amines is 2. The first-order valence-electron chi connectivity index (χ1n) is 8.38. The van der Waals surface area contributed by atoms with E-state index in [0.29, 0.717) is 22.9 Å². The van der Waals surface area contributed by atoms with Crippen LogP contribution in [0.25, 0.3) is 0 Å². The molecule has 2 rings (SSSR count). The lowest BCUT2D eigenvalue weighted by Crippen LogP contribution is -2.37. The predicted molar refractivity (Wildman–Crippen MR) is 107 cm³/mol. The number of carbonyl (C=O) groups is 2. The van der Waals surface area contributed by atoms with E-state index in [1.54, 1.807) is 38.0 Å². The van der Waals surface area contributed by atoms with E-state index in [-0.39, 0.29) is 0 Å². The van der Waals surface area contributed by atoms with E-state index in [1.165, 1.54) is 34.2 Å². The molecule has 0 fully saturated rings. The van der Waals surface area contributed by atoms with Gasteiger partial charge < -0.3 is 20.2 Å². The third-order valence-corrected chi connectivity index (χ3v) is 6.47. The molecule has 0 spiro atoms. The lowest BCUT2D eigenvalue weighted by Gasteiger charge is -2.19. The van der Waals surface area contributed by atoms with Gasteiger partial charge in [0.1, 0.15) is 22.1 Å². The number of imidazole rings is 2. The van der Waals surface area contributed by atoms with Crippen LogP contribution in [0.4, 0.5) is 0 Å². The average Bonchev–Trinajstić information content (AvgIpc) is 3.23. The highest BCUT2D eigenvalue weighted by molar-refractivity contribution is 8.76. The van der Waals surface area contributed by atoms with E-state index in [2.05, 4.69) is 19.9 Å². The molecular weight excluding hydrogens is 404 g/mol. The molecule has 2 aromatic rings. The minimum absolute atomic E-state index is 0.292. The Bertz CT molecular complexity index is 740. The second-order valence-corrected chi connectivity index (χ2v) is 8.69. The number of H-pyrrole nitrogens is 2. The number of aromatic nitrogens is 4. The van der Waals surface area contributed by atoms with Crippen molar-refractivity contribution in [3.63, 3.8) is 0 Å². The van der Waals surface area contributed by atoms with Crippen LogP contribution >= 0.6 is 21.6 Å². The Labute approximate surface area is 170 Å². The Hall–Kier alpha value is -2.02. The number of carboxylic acids is 2. The lowest BCUT2D eigenvalue weighted by atomic mass is 10.1. The molecule has 154 valence electrons. The summed E-state index contributed by atoms with van der Waals surface area (Å²) in [4.78, 5) is 40.7. The number of carboxylic acid groups (broad SMARTS) is 2. The molecule has 10 nitrogen and oxygen atoms in total. The molecule has 0 aromatic carbocycles.